The lowest BCUT2D eigenvalue weighted by molar-refractivity contribution is -0.329. The lowest BCUT2D eigenvalue weighted by Gasteiger charge is -2.43. The van der Waals surface area contributed by atoms with Crippen LogP contribution in [0.3, 0.4) is 0 Å². The lowest BCUT2D eigenvalue weighted by atomic mass is 9.98. The second-order valence-electron chi connectivity index (χ2n) is 17.0. The van der Waals surface area contributed by atoms with Gasteiger partial charge in [-0.25, -0.2) is 0 Å². The number of aliphatic hydroxyl groups is 26. The summed E-state index contributed by atoms with van der Waals surface area (Å²) in [6, 6.07) is 0. The highest BCUT2D eigenvalue weighted by Gasteiger charge is 2.48. The standard InChI is InChI=1S/C44H74O34/c1-2-3-4-16-23(51)30(58)39(66)72-18(6-11-46)25(53)32(60)40(67)73-19(7-12-47)26(54)33(61)41(68)75-20(8-13-48)27(55)35(63)43(70)78-37-22(15-50)77-44(36(64)29(37)57)76-21(9-14-49)28(56)34(62)42(69)74-17(5-10-45)24(52)31(59)38(65)71-16/h16-22,29,36-70H,2-15H2,1H3/b30-23?,31-24+,32-25-,33-26+,34-28+,35-27+. The van der Waals surface area contributed by atoms with Gasteiger partial charge in [0.2, 0.25) is 37.7 Å². The summed E-state index contributed by atoms with van der Waals surface area (Å²) in [7, 11) is 0. The van der Waals surface area contributed by atoms with Gasteiger partial charge in [-0.15, -0.1) is 0 Å². The largest absolute Gasteiger partial charge is 0.506 e. The number of hydrogen-bond acceptors (Lipinski definition) is 34. The minimum absolute atomic E-state index is 0.0814. The van der Waals surface area contributed by atoms with Gasteiger partial charge in [-0.3, -0.25) is 0 Å². The third-order valence-corrected chi connectivity index (χ3v) is 11.5. The Kier molecular flexibility index (Phi) is 29.9. The molecule has 0 aromatic rings. The third-order valence-electron chi connectivity index (χ3n) is 11.5. The third kappa shape index (κ3) is 18.9. The minimum atomic E-state index is -2.84. The van der Waals surface area contributed by atoms with E-state index in [9.17, 15) is 133 Å². The Morgan fingerprint density at radius 2 is 0.538 bits per heavy atom. The van der Waals surface area contributed by atoms with Crippen LogP contribution < -0.4 is 0 Å². The van der Waals surface area contributed by atoms with Crippen LogP contribution in [-0.2, 0) is 37.9 Å². The predicted octanol–water partition coefficient (Wildman–Crippen LogP) is -3.89. The first-order chi connectivity index (χ1) is 36.7. The van der Waals surface area contributed by atoms with Crippen LogP contribution in [0.4, 0.5) is 0 Å². The number of rotatable bonds is 14. The highest BCUT2D eigenvalue weighted by atomic mass is 16.7. The first-order valence-corrected chi connectivity index (χ1v) is 23.8. The Labute approximate surface area is 442 Å². The summed E-state index contributed by atoms with van der Waals surface area (Å²) < 4.78 is 41.5. The molecule has 34 nitrogen and oxygen atoms in total. The van der Waals surface area contributed by atoms with Crippen molar-refractivity contribution in [3.63, 3.8) is 0 Å². The number of fused-ring (bicyclic) bond motifs is 26. The van der Waals surface area contributed by atoms with Crippen molar-refractivity contribution < 1.29 is 171 Å². The molecule has 0 aromatic heterocycles. The summed E-state index contributed by atoms with van der Waals surface area (Å²) >= 11 is 0. The topological polar surface area (TPSA) is 600 Å². The molecular formula is C44H74O34. The van der Waals surface area contributed by atoms with Gasteiger partial charge in [-0.05, 0) is 6.42 Å². The van der Waals surface area contributed by atoms with E-state index in [2.05, 4.69) is 0 Å². The fourth-order valence-corrected chi connectivity index (χ4v) is 7.15. The number of unbranched alkanes of at least 4 members (excludes halogenated alkanes) is 1. The van der Waals surface area contributed by atoms with Gasteiger partial charge < -0.3 is 171 Å². The van der Waals surface area contributed by atoms with E-state index in [1.807, 2.05) is 0 Å². The molecule has 0 radical (unpaired) electrons. The summed E-state index contributed by atoms with van der Waals surface area (Å²) in [6.07, 6.45) is -44.5. The number of hydrogen-bond donors (Lipinski definition) is 26. The van der Waals surface area contributed by atoms with Crippen LogP contribution >= 0.6 is 0 Å². The predicted molar refractivity (Wildman–Crippen MR) is 250 cm³/mol. The van der Waals surface area contributed by atoms with Crippen LogP contribution in [0.1, 0.15) is 58.3 Å². The van der Waals surface area contributed by atoms with Gasteiger partial charge in [0.25, 0.3) is 0 Å². The average Bonchev–Trinajstić information content (AvgIpc) is 3.42. The molecule has 0 spiro atoms. The van der Waals surface area contributed by atoms with Crippen molar-refractivity contribution in [1.29, 1.82) is 0 Å². The Balaban J connectivity index is 2.88. The van der Waals surface area contributed by atoms with Crippen molar-refractivity contribution in [3.8, 4) is 0 Å². The maximum Gasteiger partial charge on any atom is 0.218 e. The first kappa shape index (κ1) is 69.3. The van der Waals surface area contributed by atoms with Crippen molar-refractivity contribution in [2.45, 2.75) is 163 Å². The molecule has 26 N–H and O–H groups in total. The quantitative estimate of drug-likeness (QED) is 0.0791. The van der Waals surface area contributed by atoms with E-state index in [4.69, 9.17) is 37.9 Å². The molecule has 0 aromatic carbocycles. The van der Waals surface area contributed by atoms with Gasteiger partial charge >= 0.3 is 0 Å². The van der Waals surface area contributed by atoms with Crippen LogP contribution in [0.25, 0.3) is 0 Å². The normalized spacial score (nSPS) is 39.2. The summed E-state index contributed by atoms with van der Waals surface area (Å²) in [5.74, 6) is -18.5. The van der Waals surface area contributed by atoms with Gasteiger partial charge in [0.1, 0.15) is 61.0 Å². The molecule has 78 heavy (non-hydrogen) atoms. The molecule has 0 saturated carbocycles. The van der Waals surface area contributed by atoms with Crippen LogP contribution in [0, 0.1) is 0 Å². The first-order valence-electron chi connectivity index (χ1n) is 23.8. The maximum absolute atomic E-state index is 11.0. The van der Waals surface area contributed by atoms with E-state index >= 15 is 0 Å². The van der Waals surface area contributed by atoms with Gasteiger partial charge in [0.05, 0.1) is 6.61 Å². The SMILES string of the molecule is CCCCC1OC(O)/C(O)=C(\O)C(CCO)OC(O)/C(O)=C(\O)C(CCO)OC2OC(CO)C(OC(O)/C(O)=C(\O)C(CCO)OC(O)/C(O)=C(\O)C(CCO)OC(O)/C(O)=C(/O)C(CCO)OC(O)C(O)=C1O)C(O)C2O. The van der Waals surface area contributed by atoms with Gasteiger partial charge in [0, 0.05) is 65.1 Å². The van der Waals surface area contributed by atoms with E-state index in [-0.39, 0.29) is 12.8 Å². The smallest absolute Gasteiger partial charge is 0.218 e. The van der Waals surface area contributed by atoms with Crippen LogP contribution in [0.15, 0.2) is 69.1 Å². The molecule has 0 aliphatic carbocycles. The second kappa shape index (κ2) is 33.7. The molecule has 1 saturated heterocycles. The summed E-state index contributed by atoms with van der Waals surface area (Å²) in [6.45, 7) is -4.32. The van der Waals surface area contributed by atoms with Gasteiger partial charge in [0.15, 0.2) is 75.4 Å². The van der Waals surface area contributed by atoms with Crippen LogP contribution in [-0.4, -0.2) is 277 Å². The zero-order valence-electron chi connectivity index (χ0n) is 41.6. The number of aliphatic hydroxyl groups excluding tert-OH is 26. The van der Waals surface area contributed by atoms with Crippen molar-refractivity contribution in [2.24, 2.45) is 0 Å². The fraction of sp³-hybridized carbons (Fsp3) is 0.727. The Morgan fingerprint density at radius 3 is 0.782 bits per heavy atom. The van der Waals surface area contributed by atoms with Crippen molar-refractivity contribution in [2.75, 3.05) is 39.6 Å². The Bertz CT molecular complexity index is 2010. The van der Waals surface area contributed by atoms with Crippen molar-refractivity contribution >= 4 is 0 Å². The molecule has 34 heteroatoms. The van der Waals surface area contributed by atoms with Crippen LogP contribution in [0.2, 0.25) is 0 Å². The fourth-order valence-electron chi connectivity index (χ4n) is 7.15. The highest BCUT2D eigenvalue weighted by Crippen LogP contribution is 2.31. The Morgan fingerprint density at radius 1 is 0.295 bits per heavy atom. The van der Waals surface area contributed by atoms with E-state index in [0.717, 1.165) is 0 Å². The van der Waals surface area contributed by atoms with Crippen LogP contribution in [0.5, 0.6) is 0 Å². The minimum Gasteiger partial charge on any atom is -0.506 e. The Hall–Kier alpha value is -4.84. The molecule has 3 heterocycles. The highest BCUT2D eigenvalue weighted by molar-refractivity contribution is 5.15. The van der Waals surface area contributed by atoms with E-state index < -0.39 is 246 Å². The monoisotopic (exact) mass is 1150 g/mol. The van der Waals surface area contributed by atoms with Crippen molar-refractivity contribution in [3.05, 3.63) is 69.1 Å². The summed E-state index contributed by atoms with van der Waals surface area (Å²) in [5, 5.41) is 275. The molecule has 3 aliphatic heterocycles. The van der Waals surface area contributed by atoms with Crippen molar-refractivity contribution in [1.82, 2.24) is 0 Å². The lowest BCUT2D eigenvalue weighted by Crippen LogP contribution is -2.61. The molecule has 3 rings (SSSR count). The molecule has 3 aliphatic rings. The molecule has 17 atom stereocenters. The second-order valence-corrected chi connectivity index (χ2v) is 17.0. The zero-order chi connectivity index (χ0) is 59.3. The van der Waals surface area contributed by atoms with E-state index in [1.165, 1.54) is 0 Å². The van der Waals surface area contributed by atoms with E-state index in [1.54, 1.807) is 6.92 Å². The summed E-state index contributed by atoms with van der Waals surface area (Å²) in [4.78, 5) is 0. The molecule has 1 fully saturated rings. The molecule has 0 amide bonds. The molecule has 2 bridgehead atoms. The van der Waals surface area contributed by atoms with E-state index in [0.29, 0.717) is 6.42 Å². The average molecular weight is 1150 g/mol. The zero-order valence-corrected chi connectivity index (χ0v) is 41.6. The maximum atomic E-state index is 11.0. The van der Waals surface area contributed by atoms with Gasteiger partial charge in [-0.1, -0.05) is 19.8 Å². The summed E-state index contributed by atoms with van der Waals surface area (Å²) in [5.41, 5.74) is 0. The molecular weight excluding hydrogens is 1070 g/mol. The number of ether oxygens (including phenoxy) is 8. The van der Waals surface area contributed by atoms with Gasteiger partial charge in [-0.2, -0.15) is 0 Å². The molecule has 17 unspecified atom stereocenters. The molecule has 454 valence electrons.